The molecule has 0 spiro atoms. The minimum Gasteiger partial charge on any atom is -0.368 e. The van der Waals surface area contributed by atoms with Crippen LogP contribution in [0.2, 0.25) is 0 Å². The third-order valence-corrected chi connectivity index (χ3v) is 6.00. The molecule has 244 valence electrons. The fourth-order valence-corrected chi connectivity index (χ4v) is 4.03. The summed E-state index contributed by atoms with van der Waals surface area (Å²) in [4.78, 5) is 96.7. The molecule has 0 aromatic heterocycles. The Bertz CT molecular complexity index is 1110. The largest absolute Gasteiger partial charge is 0.368 e. The Morgan fingerprint density at radius 3 is 1.39 bits per heavy atom. The Kier molecular flexibility index (Phi) is 18.9. The van der Waals surface area contributed by atoms with E-state index in [0.717, 1.165) is 29.4 Å². The molecule has 0 atom stereocenters. The smallest absolute Gasteiger partial charge is 0.336 e. The van der Waals surface area contributed by atoms with Crippen molar-refractivity contribution in [3.8, 4) is 24.7 Å². The summed E-state index contributed by atoms with van der Waals surface area (Å²) in [7, 11) is 0. The highest BCUT2D eigenvalue weighted by Crippen LogP contribution is 2.12. The average Bonchev–Trinajstić information content (AvgIpc) is 2.98. The molecule has 0 aromatic rings. The van der Waals surface area contributed by atoms with Gasteiger partial charge in [-0.25, -0.2) is 24.2 Å². The molecule has 0 rings (SSSR count). The van der Waals surface area contributed by atoms with Crippen LogP contribution in [0.25, 0.3) is 0 Å². The maximum absolute atomic E-state index is 13.8. The molecule has 0 unspecified atom stereocenters. The molecule has 10 amide bonds. The van der Waals surface area contributed by atoms with E-state index in [9.17, 15) is 33.6 Å². The van der Waals surface area contributed by atoms with Crippen LogP contribution in [0.5, 0.6) is 0 Å². The molecule has 0 aliphatic heterocycles. The van der Waals surface area contributed by atoms with Gasteiger partial charge in [0, 0.05) is 26.2 Å². The zero-order chi connectivity index (χ0) is 33.8. The summed E-state index contributed by atoms with van der Waals surface area (Å²) in [6.45, 7) is 4.36. The highest BCUT2D eigenvalue weighted by Gasteiger charge is 2.37. The Balaban J connectivity index is 6.37. The number of nitrogens with two attached hydrogens (primary N) is 2. The van der Waals surface area contributed by atoms with Crippen LogP contribution in [0.15, 0.2) is 0 Å². The maximum Gasteiger partial charge on any atom is 0.336 e. The zero-order valence-corrected chi connectivity index (χ0v) is 26.2. The van der Waals surface area contributed by atoms with Crippen LogP contribution in [0.4, 0.5) is 14.4 Å². The first-order chi connectivity index (χ1) is 20.9. The van der Waals surface area contributed by atoms with Crippen LogP contribution in [-0.2, 0) is 19.2 Å². The SMILES string of the molecule is C#CCN(CC(N)=O)C(=O)CN(CCC)C(=O)N(CCC)C(=O)N(CCC)C(=O)N(CCC)C(=O)CN(CC#C)C(=O)CN. The van der Waals surface area contributed by atoms with Gasteiger partial charge in [-0.2, -0.15) is 0 Å². The summed E-state index contributed by atoms with van der Waals surface area (Å²) in [6, 6.07) is -2.80. The van der Waals surface area contributed by atoms with Crippen molar-refractivity contribution < 1.29 is 33.6 Å². The summed E-state index contributed by atoms with van der Waals surface area (Å²) < 4.78 is 0. The van der Waals surface area contributed by atoms with E-state index in [0.29, 0.717) is 25.7 Å². The number of primary amides is 1. The third kappa shape index (κ3) is 12.3. The molecule has 0 bridgehead atoms. The Morgan fingerprint density at radius 1 is 0.545 bits per heavy atom. The second-order valence-electron chi connectivity index (χ2n) is 9.70. The van der Waals surface area contributed by atoms with E-state index in [1.54, 1.807) is 27.7 Å². The molecule has 0 saturated carbocycles. The third-order valence-electron chi connectivity index (χ3n) is 6.00. The summed E-state index contributed by atoms with van der Waals surface area (Å²) >= 11 is 0. The van der Waals surface area contributed by atoms with Gasteiger partial charge in [0.05, 0.1) is 19.6 Å². The molecule has 4 N–H and O–H groups in total. The number of terminal acetylenes is 2. The molecule has 0 heterocycles. The van der Waals surface area contributed by atoms with Gasteiger partial charge in [0.2, 0.25) is 23.6 Å². The number of rotatable bonds is 17. The standard InChI is InChI=1S/C29H46N8O7/c1-7-13-32(20-23(31)38)25(40)21-34(15-9-3)27(42)36(17-11-5)29(44)37(18-12-6)28(43)35(16-10-4)26(41)22-33(14-8-2)24(39)19-30/h1-2H,9-22,30H2,3-6H3,(H2,31,38). The number of amides is 10. The molecule has 15 nitrogen and oxygen atoms in total. The Labute approximate surface area is 259 Å². The number of carbonyl (C=O) groups excluding carboxylic acids is 7. The van der Waals surface area contributed by atoms with Gasteiger partial charge in [-0.05, 0) is 25.7 Å². The number of carbonyl (C=O) groups is 7. The number of nitrogens with zero attached hydrogens (tertiary/aromatic N) is 6. The maximum atomic E-state index is 13.8. The van der Waals surface area contributed by atoms with Crippen LogP contribution < -0.4 is 11.5 Å². The van der Waals surface area contributed by atoms with Gasteiger partial charge in [-0.15, -0.1) is 12.8 Å². The van der Waals surface area contributed by atoms with E-state index in [4.69, 9.17) is 24.3 Å². The van der Waals surface area contributed by atoms with Crippen LogP contribution in [0.1, 0.15) is 53.4 Å². The van der Waals surface area contributed by atoms with Gasteiger partial charge in [-0.1, -0.05) is 39.5 Å². The van der Waals surface area contributed by atoms with Crippen molar-refractivity contribution in [1.29, 1.82) is 0 Å². The first-order valence-corrected chi connectivity index (χ1v) is 14.5. The van der Waals surface area contributed by atoms with Gasteiger partial charge < -0.3 is 26.2 Å². The fraction of sp³-hybridized carbons (Fsp3) is 0.621. The second kappa shape index (κ2) is 21.1. The van der Waals surface area contributed by atoms with Crippen molar-refractivity contribution >= 4 is 41.7 Å². The van der Waals surface area contributed by atoms with E-state index >= 15 is 0 Å². The van der Waals surface area contributed by atoms with Crippen molar-refractivity contribution in [1.82, 2.24) is 29.4 Å². The molecule has 0 radical (unpaired) electrons. The highest BCUT2D eigenvalue weighted by molar-refractivity contribution is 6.06. The quantitative estimate of drug-likeness (QED) is 0.214. The lowest BCUT2D eigenvalue weighted by molar-refractivity contribution is -0.137. The first kappa shape index (κ1) is 39.4. The monoisotopic (exact) mass is 618 g/mol. The minimum atomic E-state index is -0.984. The zero-order valence-electron chi connectivity index (χ0n) is 26.2. The summed E-state index contributed by atoms with van der Waals surface area (Å²) in [5.41, 5.74) is 10.6. The van der Waals surface area contributed by atoms with Crippen LogP contribution >= 0.6 is 0 Å². The van der Waals surface area contributed by atoms with Crippen LogP contribution in [0.3, 0.4) is 0 Å². The molecule has 0 aliphatic carbocycles. The number of urea groups is 3. The Hall–Kier alpha value is -4.63. The van der Waals surface area contributed by atoms with Gasteiger partial charge in [-0.3, -0.25) is 24.1 Å². The van der Waals surface area contributed by atoms with Crippen molar-refractivity contribution in [3.05, 3.63) is 0 Å². The molecule has 0 fully saturated rings. The fourth-order valence-electron chi connectivity index (χ4n) is 4.03. The lowest BCUT2D eigenvalue weighted by Crippen LogP contribution is -2.58. The van der Waals surface area contributed by atoms with E-state index in [1.165, 1.54) is 0 Å². The minimum absolute atomic E-state index is 0.0703. The van der Waals surface area contributed by atoms with Gasteiger partial charge in [0.15, 0.2) is 0 Å². The number of imide groups is 3. The van der Waals surface area contributed by atoms with E-state index < -0.39 is 67.9 Å². The highest BCUT2D eigenvalue weighted by atomic mass is 16.2. The molecule has 15 heteroatoms. The molecular weight excluding hydrogens is 572 g/mol. The van der Waals surface area contributed by atoms with Crippen LogP contribution in [0, 0.1) is 24.7 Å². The predicted molar refractivity (Wildman–Crippen MR) is 163 cm³/mol. The molecule has 44 heavy (non-hydrogen) atoms. The van der Waals surface area contributed by atoms with Crippen LogP contribution in [-0.4, -0.2) is 137 Å². The Morgan fingerprint density at radius 2 is 0.955 bits per heavy atom. The van der Waals surface area contributed by atoms with E-state index in [-0.39, 0.29) is 39.3 Å². The van der Waals surface area contributed by atoms with Gasteiger partial charge >= 0.3 is 18.1 Å². The number of hydrogen-bond acceptors (Lipinski definition) is 8. The molecule has 0 aliphatic rings. The average molecular weight is 619 g/mol. The van der Waals surface area contributed by atoms with Crippen molar-refractivity contribution in [2.75, 3.05) is 65.4 Å². The molecular formula is C29H46N8O7. The van der Waals surface area contributed by atoms with E-state index in [2.05, 4.69) is 11.8 Å². The predicted octanol–water partition coefficient (Wildman–Crippen LogP) is 0.0886. The summed E-state index contributed by atoms with van der Waals surface area (Å²) in [5.74, 6) is 1.71. The van der Waals surface area contributed by atoms with Crippen molar-refractivity contribution in [2.24, 2.45) is 11.5 Å². The van der Waals surface area contributed by atoms with Gasteiger partial charge in [0.1, 0.15) is 19.6 Å². The molecule has 0 saturated heterocycles. The van der Waals surface area contributed by atoms with Gasteiger partial charge in [0.25, 0.3) is 0 Å². The lowest BCUT2D eigenvalue weighted by Gasteiger charge is -2.35. The summed E-state index contributed by atoms with van der Waals surface area (Å²) in [6.07, 6.45) is 12.0. The lowest BCUT2D eigenvalue weighted by atomic mass is 10.3. The van der Waals surface area contributed by atoms with Crippen molar-refractivity contribution in [2.45, 2.75) is 53.4 Å². The van der Waals surface area contributed by atoms with Crippen molar-refractivity contribution in [3.63, 3.8) is 0 Å². The molecule has 0 aromatic carbocycles. The number of hydrogen-bond donors (Lipinski definition) is 2. The second-order valence-corrected chi connectivity index (χ2v) is 9.70. The summed E-state index contributed by atoms with van der Waals surface area (Å²) in [5, 5.41) is 0. The normalized spacial score (nSPS) is 10.1. The first-order valence-electron chi connectivity index (χ1n) is 14.5. The van der Waals surface area contributed by atoms with E-state index in [1.807, 2.05) is 0 Å². The topological polar surface area (TPSA) is 191 Å².